The van der Waals surface area contributed by atoms with E-state index in [1.807, 2.05) is 45.9 Å². The van der Waals surface area contributed by atoms with Crippen LogP contribution in [0.15, 0.2) is 35.2 Å². The second kappa shape index (κ2) is 6.54. The molecule has 0 aliphatic carbocycles. The zero-order valence-electron chi connectivity index (χ0n) is 13.2. The molecule has 108 valence electrons. The van der Waals surface area contributed by atoms with Crippen molar-refractivity contribution in [3.05, 3.63) is 41.5 Å². The van der Waals surface area contributed by atoms with Crippen LogP contribution in [-0.4, -0.2) is 13.0 Å². The molecule has 0 atom stereocenters. The third-order valence-corrected chi connectivity index (χ3v) is 4.46. The van der Waals surface area contributed by atoms with Crippen molar-refractivity contribution in [2.24, 2.45) is 0 Å². The first kappa shape index (κ1) is 18.3. The second-order valence-corrected chi connectivity index (χ2v) is 7.01. The van der Waals surface area contributed by atoms with Crippen molar-refractivity contribution in [2.45, 2.75) is 44.4 Å². The van der Waals surface area contributed by atoms with Crippen LogP contribution >= 0.6 is 0 Å². The van der Waals surface area contributed by atoms with Crippen LogP contribution in [0.1, 0.15) is 50.7 Å². The Morgan fingerprint density at radius 2 is 1.57 bits per heavy atom. The molecule has 5 heteroatoms. The normalized spacial score (nSPS) is 12.0. The Kier molecular flexibility index (Phi) is 5.68. The van der Waals surface area contributed by atoms with Crippen molar-refractivity contribution >= 4 is 20.9 Å². The van der Waals surface area contributed by atoms with E-state index in [0.29, 0.717) is 10.9 Å². The molecule has 0 bridgehead atoms. The van der Waals surface area contributed by atoms with E-state index in [0.717, 1.165) is 10.9 Å². The van der Waals surface area contributed by atoms with Crippen LogP contribution in [0, 0.1) is 0 Å². The minimum Gasteiger partial charge on any atom is -0.744 e. The molecule has 2 aromatic rings. The Labute approximate surface area is 138 Å². The number of hydrogen-bond donors (Lipinski definition) is 0. The topological polar surface area (TPSA) is 57.2 Å². The van der Waals surface area contributed by atoms with Crippen molar-refractivity contribution in [1.82, 2.24) is 0 Å². The fourth-order valence-corrected chi connectivity index (χ4v) is 3.77. The Bertz CT molecular complexity index is 749. The Hall–Kier alpha value is -0.793. The molecule has 0 amide bonds. The van der Waals surface area contributed by atoms with Crippen molar-refractivity contribution in [3.8, 4) is 0 Å². The van der Waals surface area contributed by atoms with Crippen LogP contribution in [0.25, 0.3) is 10.8 Å². The molecule has 3 nitrogen and oxygen atoms in total. The van der Waals surface area contributed by atoms with E-state index < -0.39 is 10.1 Å². The molecule has 2 rings (SSSR count). The van der Waals surface area contributed by atoms with E-state index in [1.54, 1.807) is 12.1 Å². The quantitative estimate of drug-likeness (QED) is 0.627. The van der Waals surface area contributed by atoms with Crippen LogP contribution in [0.2, 0.25) is 0 Å². The van der Waals surface area contributed by atoms with Gasteiger partial charge in [-0.25, -0.2) is 8.42 Å². The van der Waals surface area contributed by atoms with Crippen molar-refractivity contribution in [1.29, 1.82) is 0 Å². The summed E-state index contributed by atoms with van der Waals surface area (Å²) >= 11 is 0. The first-order chi connectivity index (χ1) is 9.23. The molecule has 0 aliphatic rings. The Balaban J connectivity index is 0.00000220. The van der Waals surface area contributed by atoms with Crippen molar-refractivity contribution in [2.75, 3.05) is 0 Å². The van der Waals surface area contributed by atoms with Gasteiger partial charge in [-0.3, -0.25) is 0 Å². The molecule has 0 saturated carbocycles. The molecule has 0 heterocycles. The van der Waals surface area contributed by atoms with Gasteiger partial charge in [-0.2, -0.15) is 0 Å². The maximum absolute atomic E-state index is 11.8. The van der Waals surface area contributed by atoms with Crippen molar-refractivity contribution < 1.29 is 31.8 Å². The minimum absolute atomic E-state index is 0. The van der Waals surface area contributed by atoms with Crippen LogP contribution < -0.4 is 18.9 Å². The molecule has 0 aromatic heterocycles. The molecule has 0 unspecified atom stereocenters. The predicted octanol–water partition coefficient (Wildman–Crippen LogP) is 0.995. The van der Waals surface area contributed by atoms with Gasteiger partial charge in [0.2, 0.25) is 0 Å². The Morgan fingerprint density at radius 1 is 1.00 bits per heavy atom. The average molecular weight is 298 g/mol. The zero-order valence-corrected chi connectivity index (χ0v) is 14.0. The summed E-state index contributed by atoms with van der Waals surface area (Å²) in [7, 11) is -4.51. The van der Waals surface area contributed by atoms with Crippen LogP contribution in [0.4, 0.5) is 0 Å². The van der Waals surface area contributed by atoms with E-state index in [2.05, 4.69) is 0 Å². The van der Waals surface area contributed by atoms with Gasteiger partial charge >= 0.3 is 18.9 Å². The van der Waals surface area contributed by atoms with E-state index in [4.69, 9.17) is 0 Å². The summed E-state index contributed by atoms with van der Waals surface area (Å²) in [6.07, 6.45) is 0. The maximum atomic E-state index is 11.8. The third kappa shape index (κ3) is 3.52. The van der Waals surface area contributed by atoms with Gasteiger partial charge in [0.25, 0.3) is 0 Å². The monoisotopic (exact) mass is 298 g/mol. The van der Waals surface area contributed by atoms with Gasteiger partial charge in [0.05, 0.1) is 4.90 Å². The second-order valence-electron chi connectivity index (χ2n) is 5.69. The smallest absolute Gasteiger partial charge is 0.744 e. The molecule has 0 fully saturated rings. The van der Waals surface area contributed by atoms with E-state index in [1.165, 1.54) is 0 Å². The van der Waals surface area contributed by atoms with E-state index >= 15 is 0 Å². The summed E-state index contributed by atoms with van der Waals surface area (Å²) in [6, 6.07) is 9.17. The molecule has 0 spiro atoms. The SMILES string of the molecule is CC(C)c1cc2ccccc2c(S(=O)(=O)[O-])c1C(C)C.[Li+]. The number of hydrogen-bond acceptors (Lipinski definition) is 3. The molecule has 0 saturated heterocycles. The number of fused-ring (bicyclic) bond motifs is 1. The van der Waals surface area contributed by atoms with Gasteiger partial charge in [0, 0.05) is 0 Å². The average Bonchev–Trinajstić information content (AvgIpc) is 2.34. The fourth-order valence-electron chi connectivity index (χ4n) is 2.69. The van der Waals surface area contributed by atoms with Gasteiger partial charge < -0.3 is 4.55 Å². The third-order valence-electron chi connectivity index (χ3n) is 3.52. The van der Waals surface area contributed by atoms with E-state index in [9.17, 15) is 13.0 Å². The molecule has 0 radical (unpaired) electrons. The summed E-state index contributed by atoms with van der Waals surface area (Å²) in [5.41, 5.74) is 1.60. The molecule has 21 heavy (non-hydrogen) atoms. The molecule has 0 N–H and O–H groups in total. The Morgan fingerprint density at radius 3 is 2.05 bits per heavy atom. The standard InChI is InChI=1S/C16H20O3S.Li/c1-10(2)14-9-12-7-5-6-8-13(12)16(20(17,18)19)15(14)11(3)4;/h5-11H,1-4H3,(H,17,18,19);/q;+1/p-1. The maximum Gasteiger partial charge on any atom is 1.00 e. The summed E-state index contributed by atoms with van der Waals surface area (Å²) in [5.74, 6) is 0.147. The number of rotatable bonds is 3. The van der Waals surface area contributed by atoms with Gasteiger partial charge in [0.15, 0.2) is 0 Å². The number of benzene rings is 2. The fraction of sp³-hybridized carbons (Fsp3) is 0.375. The summed E-state index contributed by atoms with van der Waals surface area (Å²) in [6.45, 7) is 7.86. The molecule has 0 aliphatic heterocycles. The van der Waals surface area contributed by atoms with Crippen LogP contribution in [0.5, 0.6) is 0 Å². The largest absolute Gasteiger partial charge is 1.00 e. The predicted molar refractivity (Wildman–Crippen MR) is 80.1 cm³/mol. The zero-order chi connectivity index (χ0) is 15.1. The van der Waals surface area contributed by atoms with E-state index in [-0.39, 0.29) is 35.6 Å². The van der Waals surface area contributed by atoms with Gasteiger partial charge in [-0.05, 0) is 33.7 Å². The van der Waals surface area contributed by atoms with Crippen LogP contribution in [0.3, 0.4) is 0 Å². The van der Waals surface area contributed by atoms with Gasteiger partial charge in [-0.15, -0.1) is 0 Å². The summed E-state index contributed by atoms with van der Waals surface area (Å²) in [5, 5.41) is 1.32. The van der Waals surface area contributed by atoms with Crippen molar-refractivity contribution in [3.63, 3.8) is 0 Å². The van der Waals surface area contributed by atoms with Crippen LogP contribution in [-0.2, 0) is 10.1 Å². The van der Waals surface area contributed by atoms with Gasteiger partial charge in [0.1, 0.15) is 10.1 Å². The summed E-state index contributed by atoms with van der Waals surface area (Å²) in [4.78, 5) is -0.0469. The van der Waals surface area contributed by atoms with Gasteiger partial charge in [-0.1, -0.05) is 58.0 Å². The molecular formula is C16H19LiO3S. The first-order valence-electron chi connectivity index (χ1n) is 6.75. The minimum atomic E-state index is -4.51. The molecule has 2 aromatic carbocycles. The summed E-state index contributed by atoms with van der Waals surface area (Å²) < 4.78 is 35.4. The first-order valence-corrected chi connectivity index (χ1v) is 8.15. The molecular weight excluding hydrogens is 279 g/mol.